The number of benzene rings is 1. The number of fused-ring (bicyclic) bond motifs is 1. The van der Waals surface area contributed by atoms with Crippen molar-refractivity contribution in [2.24, 2.45) is 12.5 Å². The van der Waals surface area contributed by atoms with Gasteiger partial charge in [0.1, 0.15) is 5.82 Å². The second-order valence-electron chi connectivity index (χ2n) is 8.12. The summed E-state index contributed by atoms with van der Waals surface area (Å²) in [4.78, 5) is 34.5. The number of carbonyl (C=O) groups excluding carboxylic acids is 1. The summed E-state index contributed by atoms with van der Waals surface area (Å²) in [5.41, 5.74) is 0.172. The molecule has 1 atom stereocenters. The van der Waals surface area contributed by atoms with E-state index >= 15 is 0 Å². The van der Waals surface area contributed by atoms with Crippen LogP contribution in [-0.2, 0) is 11.8 Å². The van der Waals surface area contributed by atoms with Crippen LogP contribution in [0.15, 0.2) is 29.1 Å². The predicted octanol–water partition coefficient (Wildman–Crippen LogP) is 2.79. The number of aromatic nitrogens is 2. The molecule has 1 aromatic heterocycles. The van der Waals surface area contributed by atoms with Gasteiger partial charge in [0.05, 0.1) is 22.4 Å². The number of hydrogen-bond donors (Lipinski definition) is 0. The van der Waals surface area contributed by atoms with Crippen molar-refractivity contribution in [2.75, 3.05) is 32.1 Å². The molecule has 1 amide bonds. The fourth-order valence-corrected chi connectivity index (χ4v) is 3.97. The summed E-state index contributed by atoms with van der Waals surface area (Å²) in [5, 5.41) is 0.641. The minimum Gasteiger partial charge on any atom is -0.340 e. The van der Waals surface area contributed by atoms with Crippen LogP contribution in [0.1, 0.15) is 39.1 Å². The normalized spacial score (nSPS) is 17.1. The van der Waals surface area contributed by atoms with Gasteiger partial charge < -0.3 is 4.90 Å². The fourth-order valence-electron chi connectivity index (χ4n) is 3.86. The molecule has 1 saturated heterocycles. The van der Waals surface area contributed by atoms with Crippen LogP contribution in [0.2, 0.25) is 0 Å². The molecule has 1 aliphatic heterocycles. The summed E-state index contributed by atoms with van der Waals surface area (Å²) >= 11 is 5.97. The lowest BCUT2D eigenvalue weighted by molar-refractivity contribution is -0.141. The first-order valence-corrected chi connectivity index (χ1v) is 10.4. The van der Waals surface area contributed by atoms with Gasteiger partial charge in [0.15, 0.2) is 0 Å². The Morgan fingerprint density at radius 2 is 1.86 bits per heavy atom. The van der Waals surface area contributed by atoms with E-state index in [1.807, 2.05) is 43.0 Å². The van der Waals surface area contributed by atoms with Crippen molar-refractivity contribution in [3.8, 4) is 0 Å². The van der Waals surface area contributed by atoms with Gasteiger partial charge >= 0.3 is 0 Å². The molecule has 1 aliphatic rings. The number of piperazine rings is 1. The van der Waals surface area contributed by atoms with E-state index in [0.29, 0.717) is 24.4 Å². The number of para-hydroxylation sites is 1. The second kappa shape index (κ2) is 8.21. The molecule has 0 N–H and O–H groups in total. The first-order valence-electron chi connectivity index (χ1n) is 9.85. The highest BCUT2D eigenvalue weighted by molar-refractivity contribution is 6.19. The molecular formula is C21H29ClN4O2. The van der Waals surface area contributed by atoms with Crippen LogP contribution in [0, 0.1) is 5.41 Å². The molecule has 3 rings (SSSR count). The number of rotatable bonds is 5. The maximum Gasteiger partial charge on any atom is 0.261 e. The third-order valence-corrected chi connectivity index (χ3v) is 6.33. The lowest BCUT2D eigenvalue weighted by Gasteiger charge is -2.41. The summed E-state index contributed by atoms with van der Waals surface area (Å²) in [5.74, 6) is 1.20. The quantitative estimate of drug-likeness (QED) is 0.719. The van der Waals surface area contributed by atoms with Crippen molar-refractivity contribution in [3.63, 3.8) is 0 Å². The highest BCUT2D eigenvalue weighted by Crippen LogP contribution is 2.26. The van der Waals surface area contributed by atoms with E-state index < -0.39 is 5.41 Å². The molecule has 0 radical (unpaired) electrons. The van der Waals surface area contributed by atoms with Crippen molar-refractivity contribution in [2.45, 2.75) is 33.2 Å². The molecule has 2 heterocycles. The topological polar surface area (TPSA) is 58.4 Å². The van der Waals surface area contributed by atoms with Crippen LogP contribution < -0.4 is 5.56 Å². The Bertz CT molecular complexity index is 916. The number of nitrogens with zero attached hydrogens (tertiary/aromatic N) is 4. The molecule has 28 heavy (non-hydrogen) atoms. The Morgan fingerprint density at radius 3 is 2.46 bits per heavy atom. The van der Waals surface area contributed by atoms with E-state index in [2.05, 4.69) is 11.8 Å². The molecule has 152 valence electrons. The number of halogens is 1. The van der Waals surface area contributed by atoms with Gasteiger partial charge in [-0.15, -0.1) is 11.6 Å². The number of hydrogen-bond acceptors (Lipinski definition) is 4. The largest absolute Gasteiger partial charge is 0.340 e. The minimum atomic E-state index is -0.544. The second-order valence-corrected chi connectivity index (χ2v) is 8.39. The van der Waals surface area contributed by atoms with Gasteiger partial charge in [0.25, 0.3) is 5.56 Å². The zero-order chi connectivity index (χ0) is 20.5. The Balaban J connectivity index is 1.83. The van der Waals surface area contributed by atoms with Crippen molar-refractivity contribution in [3.05, 3.63) is 40.4 Å². The molecule has 0 saturated carbocycles. The summed E-state index contributed by atoms with van der Waals surface area (Å²) in [6, 6.07) is 7.51. The Labute approximate surface area is 171 Å². The molecule has 1 unspecified atom stereocenters. The standard InChI is InChI=1S/C21H29ClN4O2/c1-5-17(18-23-16-9-7-6-8-15(16)19(27)24(18)4)25-10-12-26(13-11-25)20(28)21(2,3)14-22/h6-9,17H,5,10-14H2,1-4H3. The molecule has 7 heteroatoms. The molecule has 6 nitrogen and oxygen atoms in total. The highest BCUT2D eigenvalue weighted by atomic mass is 35.5. The van der Waals surface area contributed by atoms with Crippen LogP contribution in [0.5, 0.6) is 0 Å². The number of carbonyl (C=O) groups is 1. The van der Waals surface area contributed by atoms with E-state index in [0.717, 1.165) is 30.9 Å². The van der Waals surface area contributed by atoms with Gasteiger partial charge in [0.2, 0.25) is 5.91 Å². The van der Waals surface area contributed by atoms with Gasteiger partial charge in [-0.1, -0.05) is 19.1 Å². The number of alkyl halides is 1. The van der Waals surface area contributed by atoms with Crippen molar-refractivity contribution in [1.29, 1.82) is 0 Å². The molecule has 1 aromatic carbocycles. The van der Waals surface area contributed by atoms with Crippen LogP contribution in [0.3, 0.4) is 0 Å². The molecule has 0 aliphatic carbocycles. The molecular weight excluding hydrogens is 376 g/mol. The van der Waals surface area contributed by atoms with Crippen molar-refractivity contribution < 1.29 is 4.79 Å². The summed E-state index contributed by atoms with van der Waals surface area (Å²) in [7, 11) is 1.79. The van der Waals surface area contributed by atoms with Crippen LogP contribution >= 0.6 is 11.6 Å². The Kier molecular flexibility index (Phi) is 6.10. The maximum atomic E-state index is 12.8. The monoisotopic (exact) mass is 404 g/mol. The molecule has 0 bridgehead atoms. The third kappa shape index (κ3) is 3.80. The summed E-state index contributed by atoms with van der Waals surface area (Å²) in [6.45, 7) is 8.72. The Morgan fingerprint density at radius 1 is 1.21 bits per heavy atom. The zero-order valence-electron chi connectivity index (χ0n) is 17.1. The van der Waals surface area contributed by atoms with Gasteiger partial charge in [0, 0.05) is 39.1 Å². The van der Waals surface area contributed by atoms with E-state index in [9.17, 15) is 9.59 Å². The van der Waals surface area contributed by atoms with Crippen LogP contribution in [-0.4, -0.2) is 57.3 Å². The Hall–Kier alpha value is -1.92. The molecule has 0 spiro atoms. The lowest BCUT2D eigenvalue weighted by atomic mass is 9.94. The average molecular weight is 405 g/mol. The first-order chi connectivity index (χ1) is 13.3. The number of amides is 1. The summed E-state index contributed by atoms with van der Waals surface area (Å²) in [6.07, 6.45) is 0.847. The smallest absolute Gasteiger partial charge is 0.261 e. The zero-order valence-corrected chi connectivity index (χ0v) is 17.9. The summed E-state index contributed by atoms with van der Waals surface area (Å²) < 4.78 is 1.67. The molecule has 1 fully saturated rings. The van der Waals surface area contributed by atoms with Gasteiger partial charge in [-0.05, 0) is 32.4 Å². The lowest BCUT2D eigenvalue weighted by Crippen LogP contribution is -2.53. The van der Waals surface area contributed by atoms with Crippen LogP contribution in [0.4, 0.5) is 0 Å². The van der Waals surface area contributed by atoms with Gasteiger partial charge in [-0.3, -0.25) is 19.1 Å². The fraction of sp³-hybridized carbons (Fsp3) is 0.571. The SMILES string of the molecule is CCC(c1nc2ccccc2c(=O)n1C)N1CCN(C(=O)C(C)(C)CCl)CC1. The third-order valence-electron chi connectivity index (χ3n) is 5.66. The van der Waals surface area contributed by atoms with Gasteiger partial charge in [-0.2, -0.15) is 0 Å². The van der Waals surface area contributed by atoms with Gasteiger partial charge in [-0.25, -0.2) is 4.98 Å². The average Bonchev–Trinajstić information content (AvgIpc) is 2.72. The van der Waals surface area contributed by atoms with E-state index in [-0.39, 0.29) is 17.5 Å². The van der Waals surface area contributed by atoms with Crippen molar-refractivity contribution >= 4 is 28.4 Å². The molecule has 2 aromatic rings. The highest BCUT2D eigenvalue weighted by Gasteiger charge is 2.34. The van der Waals surface area contributed by atoms with E-state index in [1.54, 1.807) is 11.6 Å². The van der Waals surface area contributed by atoms with Crippen molar-refractivity contribution in [1.82, 2.24) is 19.4 Å². The maximum absolute atomic E-state index is 12.8. The van der Waals surface area contributed by atoms with Crippen LogP contribution in [0.25, 0.3) is 10.9 Å². The predicted molar refractivity (Wildman–Crippen MR) is 113 cm³/mol. The minimum absolute atomic E-state index is 0.0169. The first kappa shape index (κ1) is 20.8. The van der Waals surface area contributed by atoms with E-state index in [4.69, 9.17) is 16.6 Å². The van der Waals surface area contributed by atoms with E-state index in [1.165, 1.54) is 0 Å².